The lowest BCUT2D eigenvalue weighted by Gasteiger charge is -2.23. The molecule has 0 heterocycles. The van der Waals surface area contributed by atoms with Crippen molar-refractivity contribution >= 4 is 5.97 Å². The average molecular weight is 200 g/mol. The first-order valence-electron chi connectivity index (χ1n) is 4.95. The molecule has 82 valence electrons. The topological polar surface area (TPSA) is 46.5 Å². The standard InChI is InChI=1S/C11H20O3/c1-5-6-10(8(2)3)14-9(4)7-11(12)13/h5,8-10H,1,6-7H2,2-4H3,(H,12,13)/t9-,10+/m1/s1. The van der Waals surface area contributed by atoms with Gasteiger partial charge in [-0.15, -0.1) is 6.58 Å². The van der Waals surface area contributed by atoms with E-state index in [1.807, 2.05) is 0 Å². The molecule has 0 aliphatic heterocycles. The molecule has 0 saturated heterocycles. The Hall–Kier alpha value is -0.830. The Morgan fingerprint density at radius 1 is 1.50 bits per heavy atom. The van der Waals surface area contributed by atoms with Crippen molar-refractivity contribution in [3.05, 3.63) is 12.7 Å². The van der Waals surface area contributed by atoms with E-state index in [4.69, 9.17) is 9.84 Å². The van der Waals surface area contributed by atoms with E-state index in [0.29, 0.717) is 5.92 Å². The number of carboxylic acid groups (broad SMARTS) is 1. The number of aliphatic carboxylic acids is 1. The molecule has 3 nitrogen and oxygen atoms in total. The lowest BCUT2D eigenvalue weighted by molar-refractivity contribution is -0.141. The second-order valence-electron chi connectivity index (χ2n) is 3.85. The van der Waals surface area contributed by atoms with E-state index in [9.17, 15) is 4.79 Å². The molecule has 0 bridgehead atoms. The number of rotatable bonds is 7. The van der Waals surface area contributed by atoms with Gasteiger partial charge in [0, 0.05) is 0 Å². The zero-order chi connectivity index (χ0) is 11.1. The second-order valence-corrected chi connectivity index (χ2v) is 3.85. The Labute approximate surface area is 85.8 Å². The highest BCUT2D eigenvalue weighted by molar-refractivity contribution is 5.67. The van der Waals surface area contributed by atoms with Crippen LogP contribution in [0.5, 0.6) is 0 Å². The Morgan fingerprint density at radius 2 is 2.07 bits per heavy atom. The number of hydrogen-bond acceptors (Lipinski definition) is 2. The minimum Gasteiger partial charge on any atom is -0.481 e. The maximum Gasteiger partial charge on any atom is 0.305 e. The fraction of sp³-hybridized carbons (Fsp3) is 0.727. The number of carboxylic acids is 1. The number of carbonyl (C=O) groups is 1. The summed E-state index contributed by atoms with van der Waals surface area (Å²) < 4.78 is 5.61. The largest absolute Gasteiger partial charge is 0.481 e. The maximum atomic E-state index is 10.4. The molecule has 0 unspecified atom stereocenters. The van der Waals surface area contributed by atoms with Gasteiger partial charge in [-0.1, -0.05) is 19.9 Å². The van der Waals surface area contributed by atoms with Crippen molar-refractivity contribution in [3.63, 3.8) is 0 Å². The van der Waals surface area contributed by atoms with Crippen molar-refractivity contribution in [1.82, 2.24) is 0 Å². The first-order chi connectivity index (χ1) is 6.47. The van der Waals surface area contributed by atoms with Gasteiger partial charge in [0.2, 0.25) is 0 Å². The molecule has 3 heteroatoms. The van der Waals surface area contributed by atoms with E-state index >= 15 is 0 Å². The van der Waals surface area contributed by atoms with Crippen LogP contribution >= 0.6 is 0 Å². The number of hydrogen-bond donors (Lipinski definition) is 1. The van der Waals surface area contributed by atoms with Gasteiger partial charge in [0.25, 0.3) is 0 Å². The summed E-state index contributed by atoms with van der Waals surface area (Å²) in [5.41, 5.74) is 0. The fourth-order valence-electron chi connectivity index (χ4n) is 1.24. The zero-order valence-corrected chi connectivity index (χ0v) is 9.19. The van der Waals surface area contributed by atoms with Crippen LogP contribution in [0.25, 0.3) is 0 Å². The minimum absolute atomic E-state index is 0.0559. The van der Waals surface area contributed by atoms with Crippen LogP contribution in [0.3, 0.4) is 0 Å². The molecule has 0 aromatic rings. The monoisotopic (exact) mass is 200 g/mol. The SMILES string of the molecule is C=CC[C@H](O[C@H](C)CC(=O)O)C(C)C. The molecule has 0 aromatic heterocycles. The summed E-state index contributed by atoms with van der Waals surface area (Å²) in [4.78, 5) is 10.4. The first kappa shape index (κ1) is 13.2. The lowest BCUT2D eigenvalue weighted by atomic mass is 10.0. The third-order valence-corrected chi connectivity index (χ3v) is 2.01. The average Bonchev–Trinajstić information content (AvgIpc) is 2.01. The summed E-state index contributed by atoms with van der Waals surface area (Å²) in [6.45, 7) is 9.55. The molecule has 0 spiro atoms. The van der Waals surface area contributed by atoms with E-state index in [-0.39, 0.29) is 18.6 Å². The molecule has 2 atom stereocenters. The van der Waals surface area contributed by atoms with Crippen molar-refractivity contribution in [2.75, 3.05) is 0 Å². The van der Waals surface area contributed by atoms with Gasteiger partial charge in [0.15, 0.2) is 0 Å². The summed E-state index contributed by atoms with van der Waals surface area (Å²) in [7, 11) is 0. The molecule has 0 rings (SSSR count). The summed E-state index contributed by atoms with van der Waals surface area (Å²) in [5, 5.41) is 8.57. The van der Waals surface area contributed by atoms with Crippen LogP contribution in [0.2, 0.25) is 0 Å². The highest BCUT2D eigenvalue weighted by Crippen LogP contribution is 2.14. The molecule has 0 aliphatic carbocycles. The molecule has 0 aromatic carbocycles. The maximum absolute atomic E-state index is 10.4. The van der Waals surface area contributed by atoms with E-state index in [1.54, 1.807) is 13.0 Å². The Balaban J connectivity index is 4.01. The smallest absolute Gasteiger partial charge is 0.305 e. The normalized spacial score (nSPS) is 15.1. The van der Waals surface area contributed by atoms with Crippen molar-refractivity contribution in [2.24, 2.45) is 5.92 Å². The Bertz CT molecular complexity index is 187. The molecule has 0 saturated carbocycles. The third-order valence-electron chi connectivity index (χ3n) is 2.01. The summed E-state index contributed by atoms with van der Waals surface area (Å²) >= 11 is 0. The minimum atomic E-state index is -0.821. The second kappa shape index (κ2) is 6.60. The van der Waals surface area contributed by atoms with Crippen molar-refractivity contribution in [3.8, 4) is 0 Å². The van der Waals surface area contributed by atoms with E-state index in [2.05, 4.69) is 20.4 Å². The summed E-state index contributed by atoms with van der Waals surface area (Å²) in [6, 6.07) is 0. The van der Waals surface area contributed by atoms with Crippen molar-refractivity contribution in [2.45, 2.75) is 45.8 Å². The fourth-order valence-corrected chi connectivity index (χ4v) is 1.24. The quantitative estimate of drug-likeness (QED) is 0.642. The van der Waals surface area contributed by atoms with Crippen LogP contribution in [-0.4, -0.2) is 23.3 Å². The highest BCUT2D eigenvalue weighted by Gasteiger charge is 2.17. The third kappa shape index (κ3) is 5.75. The first-order valence-corrected chi connectivity index (χ1v) is 4.95. The predicted octanol–water partition coefficient (Wildman–Crippen LogP) is 2.47. The van der Waals surface area contributed by atoms with Gasteiger partial charge in [-0.25, -0.2) is 0 Å². The van der Waals surface area contributed by atoms with Gasteiger partial charge < -0.3 is 9.84 Å². The number of ether oxygens (including phenoxy) is 1. The molecule has 0 fully saturated rings. The molecular formula is C11H20O3. The van der Waals surface area contributed by atoms with Gasteiger partial charge in [0.05, 0.1) is 18.6 Å². The van der Waals surface area contributed by atoms with Crippen LogP contribution in [0.15, 0.2) is 12.7 Å². The van der Waals surface area contributed by atoms with Crippen LogP contribution in [0.4, 0.5) is 0 Å². The van der Waals surface area contributed by atoms with Crippen LogP contribution in [0.1, 0.15) is 33.6 Å². The van der Waals surface area contributed by atoms with Crippen molar-refractivity contribution in [1.29, 1.82) is 0 Å². The highest BCUT2D eigenvalue weighted by atomic mass is 16.5. The molecule has 0 radical (unpaired) electrons. The Morgan fingerprint density at radius 3 is 2.43 bits per heavy atom. The van der Waals surface area contributed by atoms with Gasteiger partial charge >= 0.3 is 5.97 Å². The van der Waals surface area contributed by atoms with Gasteiger partial charge in [-0.3, -0.25) is 4.79 Å². The molecule has 14 heavy (non-hydrogen) atoms. The molecule has 0 aliphatic rings. The predicted molar refractivity (Wildman–Crippen MR) is 56.2 cm³/mol. The summed E-state index contributed by atoms with van der Waals surface area (Å²) in [6.07, 6.45) is 2.46. The van der Waals surface area contributed by atoms with Crippen molar-refractivity contribution < 1.29 is 14.6 Å². The zero-order valence-electron chi connectivity index (χ0n) is 9.19. The van der Waals surface area contributed by atoms with Gasteiger partial charge in [0.1, 0.15) is 0 Å². The Kier molecular flexibility index (Phi) is 6.21. The molecular weight excluding hydrogens is 180 g/mol. The molecule has 0 amide bonds. The van der Waals surface area contributed by atoms with Gasteiger partial charge in [-0.2, -0.15) is 0 Å². The van der Waals surface area contributed by atoms with Gasteiger partial charge in [-0.05, 0) is 19.3 Å². The van der Waals surface area contributed by atoms with Crippen LogP contribution < -0.4 is 0 Å². The molecule has 1 N–H and O–H groups in total. The van der Waals surface area contributed by atoms with E-state index in [1.165, 1.54) is 0 Å². The van der Waals surface area contributed by atoms with Crippen LogP contribution in [-0.2, 0) is 9.53 Å². The summed E-state index contributed by atoms with van der Waals surface area (Å²) in [5.74, 6) is -0.442. The van der Waals surface area contributed by atoms with Crippen LogP contribution in [0, 0.1) is 5.92 Å². The lowest BCUT2D eigenvalue weighted by Crippen LogP contribution is -2.26. The van der Waals surface area contributed by atoms with E-state index < -0.39 is 5.97 Å². The van der Waals surface area contributed by atoms with E-state index in [0.717, 1.165) is 6.42 Å².